The fourth-order valence-corrected chi connectivity index (χ4v) is 3.01. The quantitative estimate of drug-likeness (QED) is 0.445. The fraction of sp³-hybridized carbons (Fsp3) is 0.118. The van der Waals surface area contributed by atoms with E-state index in [1.54, 1.807) is 18.2 Å². The molecular weight excluding hydrogens is 447 g/mol. The Morgan fingerprint density at radius 3 is 2.62 bits per heavy atom. The van der Waals surface area contributed by atoms with Crippen molar-refractivity contribution < 1.29 is 14.1 Å². The Morgan fingerprint density at radius 2 is 1.93 bits per heavy atom. The van der Waals surface area contributed by atoms with Crippen molar-refractivity contribution in [3.8, 4) is 11.5 Å². The number of amides is 1. The van der Waals surface area contributed by atoms with Gasteiger partial charge in [0.1, 0.15) is 6.54 Å². The Bertz CT molecular complexity index is 1160. The summed E-state index contributed by atoms with van der Waals surface area (Å²) < 4.78 is 5.81. The SMILES string of the molecule is O=C(Cn1nc(-c2ccc([N+](=O)[O-])cc2Cl)oc1=O)NCc1cc(Cl)ccc1Cl. The van der Waals surface area contributed by atoms with E-state index in [1.807, 2.05) is 0 Å². The second-order valence-corrected chi connectivity index (χ2v) is 7.02. The molecule has 3 aromatic rings. The molecule has 150 valence electrons. The van der Waals surface area contributed by atoms with Gasteiger partial charge in [0.05, 0.1) is 15.5 Å². The third kappa shape index (κ3) is 4.94. The first-order chi connectivity index (χ1) is 13.7. The molecule has 0 spiro atoms. The number of nitro benzene ring substituents is 1. The molecule has 2 aromatic carbocycles. The summed E-state index contributed by atoms with van der Waals surface area (Å²) in [6.07, 6.45) is 0. The third-order valence-electron chi connectivity index (χ3n) is 3.78. The first kappa shape index (κ1) is 20.8. The number of carbonyl (C=O) groups excluding carboxylic acids is 1. The maximum absolute atomic E-state index is 12.1. The van der Waals surface area contributed by atoms with Gasteiger partial charge >= 0.3 is 5.76 Å². The second-order valence-electron chi connectivity index (χ2n) is 5.76. The van der Waals surface area contributed by atoms with Crippen LogP contribution in [0.5, 0.6) is 0 Å². The molecule has 29 heavy (non-hydrogen) atoms. The lowest BCUT2D eigenvalue weighted by molar-refractivity contribution is -0.384. The fourth-order valence-electron chi connectivity index (χ4n) is 2.37. The number of nitrogens with zero attached hydrogens (tertiary/aromatic N) is 3. The van der Waals surface area contributed by atoms with Crippen LogP contribution in [-0.4, -0.2) is 20.6 Å². The molecule has 1 amide bonds. The van der Waals surface area contributed by atoms with Gasteiger partial charge in [-0.1, -0.05) is 34.8 Å². The van der Waals surface area contributed by atoms with Crippen LogP contribution < -0.4 is 11.1 Å². The van der Waals surface area contributed by atoms with E-state index in [2.05, 4.69) is 10.4 Å². The summed E-state index contributed by atoms with van der Waals surface area (Å²) >= 11 is 17.9. The zero-order chi connectivity index (χ0) is 21.1. The Kier molecular flexibility index (Phi) is 6.21. The summed E-state index contributed by atoms with van der Waals surface area (Å²) in [4.78, 5) is 34.3. The van der Waals surface area contributed by atoms with E-state index in [4.69, 9.17) is 39.2 Å². The van der Waals surface area contributed by atoms with E-state index in [0.717, 1.165) is 10.7 Å². The number of benzene rings is 2. The molecule has 1 aromatic heterocycles. The van der Waals surface area contributed by atoms with Gasteiger partial charge < -0.3 is 9.73 Å². The summed E-state index contributed by atoms with van der Waals surface area (Å²) in [5.74, 6) is -1.57. The van der Waals surface area contributed by atoms with Crippen LogP contribution in [-0.2, 0) is 17.9 Å². The number of aromatic nitrogens is 2. The van der Waals surface area contributed by atoms with Gasteiger partial charge in [-0.15, -0.1) is 5.10 Å². The van der Waals surface area contributed by atoms with Crippen molar-refractivity contribution in [2.45, 2.75) is 13.1 Å². The molecule has 0 fully saturated rings. The molecule has 0 saturated carbocycles. The summed E-state index contributed by atoms with van der Waals surface area (Å²) in [6, 6.07) is 8.44. The van der Waals surface area contributed by atoms with E-state index in [0.29, 0.717) is 15.6 Å². The van der Waals surface area contributed by atoms with Crippen LogP contribution in [0.1, 0.15) is 5.56 Å². The third-order valence-corrected chi connectivity index (χ3v) is 4.69. The minimum absolute atomic E-state index is 0.0207. The van der Waals surface area contributed by atoms with E-state index < -0.39 is 23.1 Å². The molecule has 0 aliphatic carbocycles. The Morgan fingerprint density at radius 1 is 1.17 bits per heavy atom. The number of nitro groups is 1. The average molecular weight is 458 g/mol. The van der Waals surface area contributed by atoms with Gasteiger partial charge in [0, 0.05) is 28.7 Å². The predicted octanol–water partition coefficient (Wildman–Crippen LogP) is 3.69. The highest BCUT2D eigenvalue weighted by molar-refractivity contribution is 6.33. The molecule has 0 bridgehead atoms. The van der Waals surface area contributed by atoms with E-state index in [9.17, 15) is 19.7 Å². The lowest BCUT2D eigenvalue weighted by Gasteiger charge is -2.07. The number of rotatable bonds is 6. The van der Waals surface area contributed by atoms with Crippen molar-refractivity contribution in [3.63, 3.8) is 0 Å². The Hall–Kier alpha value is -2.88. The molecule has 1 heterocycles. The smallest absolute Gasteiger partial charge is 0.388 e. The van der Waals surface area contributed by atoms with Crippen LogP contribution in [0.4, 0.5) is 5.69 Å². The molecule has 1 N–H and O–H groups in total. The summed E-state index contributed by atoms with van der Waals surface area (Å²) in [7, 11) is 0. The number of hydrogen-bond donors (Lipinski definition) is 1. The van der Waals surface area contributed by atoms with Gasteiger partial charge in [-0.05, 0) is 29.8 Å². The van der Waals surface area contributed by atoms with Gasteiger partial charge in [-0.25, -0.2) is 4.79 Å². The minimum atomic E-state index is -0.884. The molecule has 9 nitrogen and oxygen atoms in total. The van der Waals surface area contributed by atoms with Gasteiger partial charge in [0.15, 0.2) is 0 Å². The maximum atomic E-state index is 12.1. The van der Waals surface area contributed by atoms with Crippen molar-refractivity contribution in [1.29, 1.82) is 0 Å². The highest BCUT2D eigenvalue weighted by atomic mass is 35.5. The van der Waals surface area contributed by atoms with Gasteiger partial charge in [0.2, 0.25) is 5.91 Å². The Labute approximate surface area is 177 Å². The van der Waals surface area contributed by atoms with E-state index >= 15 is 0 Å². The first-order valence-electron chi connectivity index (χ1n) is 7.97. The number of nitrogens with one attached hydrogen (secondary N) is 1. The maximum Gasteiger partial charge on any atom is 0.437 e. The van der Waals surface area contributed by atoms with Crippen LogP contribution in [0.25, 0.3) is 11.5 Å². The predicted molar refractivity (Wildman–Crippen MR) is 106 cm³/mol. The van der Waals surface area contributed by atoms with Crippen LogP contribution in [0, 0.1) is 10.1 Å². The zero-order valence-electron chi connectivity index (χ0n) is 14.4. The Balaban J connectivity index is 1.72. The van der Waals surface area contributed by atoms with Gasteiger partial charge in [-0.3, -0.25) is 14.9 Å². The highest BCUT2D eigenvalue weighted by Gasteiger charge is 2.18. The normalized spacial score (nSPS) is 10.7. The van der Waals surface area contributed by atoms with Crippen LogP contribution in [0.15, 0.2) is 45.6 Å². The van der Waals surface area contributed by atoms with Crippen LogP contribution in [0.3, 0.4) is 0 Å². The highest BCUT2D eigenvalue weighted by Crippen LogP contribution is 2.29. The van der Waals surface area contributed by atoms with E-state index in [1.165, 1.54) is 12.1 Å². The molecule has 0 aliphatic heterocycles. The molecule has 0 radical (unpaired) electrons. The first-order valence-corrected chi connectivity index (χ1v) is 9.11. The number of hydrogen-bond acceptors (Lipinski definition) is 6. The molecule has 3 rings (SSSR count). The summed E-state index contributed by atoms with van der Waals surface area (Å²) in [6.45, 7) is -0.309. The largest absolute Gasteiger partial charge is 0.437 e. The molecule has 12 heteroatoms. The monoisotopic (exact) mass is 456 g/mol. The standard InChI is InChI=1S/C17H11Cl3N4O5/c18-10-1-4-13(19)9(5-10)7-21-15(25)8-23-17(26)29-16(22-23)12-3-2-11(24(27)28)6-14(12)20/h1-6H,7-8H2,(H,21,25). The zero-order valence-corrected chi connectivity index (χ0v) is 16.7. The average Bonchev–Trinajstić information content (AvgIpc) is 3.02. The van der Waals surface area contributed by atoms with Crippen molar-refractivity contribution in [3.05, 3.63) is 77.7 Å². The number of halogens is 3. The summed E-state index contributed by atoms with van der Waals surface area (Å²) in [5, 5.41) is 18.2. The second kappa shape index (κ2) is 8.64. The molecule has 0 unspecified atom stereocenters. The molecule has 0 aliphatic rings. The van der Waals surface area contributed by atoms with E-state index in [-0.39, 0.29) is 28.7 Å². The topological polar surface area (TPSA) is 120 Å². The van der Waals surface area contributed by atoms with Gasteiger partial charge in [-0.2, -0.15) is 4.68 Å². The molecule has 0 atom stereocenters. The van der Waals surface area contributed by atoms with Crippen LogP contribution in [0.2, 0.25) is 15.1 Å². The lowest BCUT2D eigenvalue weighted by Crippen LogP contribution is -2.31. The van der Waals surface area contributed by atoms with Gasteiger partial charge in [0.25, 0.3) is 11.6 Å². The number of non-ortho nitro benzene ring substituents is 1. The van der Waals surface area contributed by atoms with Crippen molar-refractivity contribution in [2.75, 3.05) is 0 Å². The lowest BCUT2D eigenvalue weighted by atomic mass is 10.2. The molecular formula is C17H11Cl3N4O5. The van der Waals surface area contributed by atoms with Crippen molar-refractivity contribution >= 4 is 46.4 Å². The minimum Gasteiger partial charge on any atom is -0.388 e. The molecule has 0 saturated heterocycles. The van der Waals surface area contributed by atoms with Crippen molar-refractivity contribution in [1.82, 2.24) is 15.1 Å². The summed E-state index contributed by atoms with van der Waals surface area (Å²) in [5.41, 5.74) is 0.567. The van der Waals surface area contributed by atoms with Crippen molar-refractivity contribution in [2.24, 2.45) is 0 Å². The number of carbonyl (C=O) groups is 1. The van der Waals surface area contributed by atoms with Crippen LogP contribution >= 0.6 is 34.8 Å².